The van der Waals surface area contributed by atoms with E-state index >= 15 is 0 Å². The Balaban J connectivity index is 1.39. The molecule has 2 aromatic carbocycles. The van der Waals surface area contributed by atoms with Crippen molar-refractivity contribution in [3.8, 4) is 11.5 Å². The van der Waals surface area contributed by atoms with E-state index in [-0.39, 0.29) is 6.10 Å². The number of para-hydroxylation sites is 1. The molecule has 0 saturated carbocycles. The van der Waals surface area contributed by atoms with Crippen LogP contribution in [0.25, 0.3) is 0 Å². The second kappa shape index (κ2) is 9.22. The Kier molecular flexibility index (Phi) is 6.46. The van der Waals surface area contributed by atoms with Crippen LogP contribution < -0.4 is 14.8 Å². The van der Waals surface area contributed by atoms with Gasteiger partial charge in [-0.15, -0.1) is 0 Å². The van der Waals surface area contributed by atoms with Crippen molar-refractivity contribution in [2.24, 2.45) is 0 Å². The molecule has 0 aliphatic carbocycles. The Labute approximate surface area is 153 Å². The van der Waals surface area contributed by atoms with Crippen molar-refractivity contribution in [1.82, 2.24) is 4.90 Å². The zero-order valence-corrected chi connectivity index (χ0v) is 14.6. The summed E-state index contributed by atoms with van der Waals surface area (Å²) in [7, 11) is 0. The highest BCUT2D eigenvalue weighted by Gasteiger charge is 2.16. The summed E-state index contributed by atoms with van der Waals surface area (Å²) in [6.07, 6.45) is 0.977. The Morgan fingerprint density at radius 3 is 2.38 bits per heavy atom. The van der Waals surface area contributed by atoms with Crippen LogP contribution in [-0.2, 0) is 0 Å². The molecule has 0 bridgehead atoms. The molecule has 3 rings (SSSR count). The fourth-order valence-electron chi connectivity index (χ4n) is 2.81. The molecule has 0 spiro atoms. The average Bonchev–Trinajstić information content (AvgIpc) is 2.65. The molecule has 1 saturated heterocycles. The Morgan fingerprint density at radius 2 is 1.69 bits per heavy atom. The number of hydrogen-bond acceptors (Lipinski definition) is 5. The van der Waals surface area contributed by atoms with Gasteiger partial charge in [0, 0.05) is 25.3 Å². The van der Waals surface area contributed by atoms with E-state index in [0.29, 0.717) is 18.0 Å². The van der Waals surface area contributed by atoms with E-state index in [1.54, 1.807) is 36.4 Å². The van der Waals surface area contributed by atoms with Gasteiger partial charge in [0.2, 0.25) is 0 Å². The third kappa shape index (κ3) is 5.75. The number of amides is 1. The summed E-state index contributed by atoms with van der Waals surface area (Å²) in [5.41, 5.74) is 0.683. The van der Waals surface area contributed by atoms with Gasteiger partial charge in [-0.25, -0.2) is 4.79 Å². The summed E-state index contributed by atoms with van der Waals surface area (Å²) in [6, 6.07) is 16.1. The number of piperidine rings is 1. The smallest absolute Gasteiger partial charge is 0.417 e. The molecule has 1 heterocycles. The van der Waals surface area contributed by atoms with E-state index in [1.807, 2.05) is 18.2 Å². The highest BCUT2D eigenvalue weighted by Crippen LogP contribution is 2.18. The SMILES string of the molecule is O=C(Nc1ccccc1)Oc1ccc(OCCN2CCC(O)CC2)cc1. The molecule has 0 unspecified atom stereocenters. The molecule has 6 heteroatoms. The van der Waals surface area contributed by atoms with E-state index in [1.165, 1.54) is 0 Å². The first-order chi connectivity index (χ1) is 12.7. The van der Waals surface area contributed by atoms with E-state index in [2.05, 4.69) is 10.2 Å². The Hall–Kier alpha value is -2.57. The molecule has 0 radical (unpaired) electrons. The summed E-state index contributed by atoms with van der Waals surface area (Å²) in [4.78, 5) is 14.1. The third-order valence-electron chi connectivity index (χ3n) is 4.29. The highest BCUT2D eigenvalue weighted by atomic mass is 16.6. The number of hydrogen-bond donors (Lipinski definition) is 2. The number of nitrogens with one attached hydrogen (secondary N) is 1. The third-order valence-corrected chi connectivity index (χ3v) is 4.29. The van der Waals surface area contributed by atoms with Crippen LogP contribution in [0.15, 0.2) is 54.6 Å². The largest absolute Gasteiger partial charge is 0.492 e. The zero-order valence-electron chi connectivity index (χ0n) is 14.6. The monoisotopic (exact) mass is 356 g/mol. The zero-order chi connectivity index (χ0) is 18.2. The lowest BCUT2D eigenvalue weighted by Gasteiger charge is -2.29. The maximum absolute atomic E-state index is 11.8. The number of carbonyl (C=O) groups excluding carboxylic acids is 1. The molecule has 1 aliphatic heterocycles. The average molecular weight is 356 g/mol. The van der Waals surface area contributed by atoms with Crippen LogP contribution in [0.2, 0.25) is 0 Å². The predicted molar refractivity (Wildman–Crippen MR) is 99.7 cm³/mol. The lowest BCUT2D eigenvalue weighted by molar-refractivity contribution is 0.0755. The maximum Gasteiger partial charge on any atom is 0.417 e. The number of rotatable bonds is 6. The number of likely N-dealkylation sites (tertiary alicyclic amines) is 1. The van der Waals surface area contributed by atoms with Crippen LogP contribution in [0.3, 0.4) is 0 Å². The van der Waals surface area contributed by atoms with E-state index < -0.39 is 6.09 Å². The lowest BCUT2D eigenvalue weighted by atomic mass is 10.1. The molecular weight excluding hydrogens is 332 g/mol. The molecule has 1 aliphatic rings. The second-order valence-electron chi connectivity index (χ2n) is 6.27. The summed E-state index contributed by atoms with van der Waals surface area (Å²) < 4.78 is 11.0. The number of carbonyl (C=O) groups is 1. The highest BCUT2D eigenvalue weighted by molar-refractivity contribution is 5.86. The number of ether oxygens (including phenoxy) is 2. The van der Waals surface area contributed by atoms with E-state index in [9.17, 15) is 9.90 Å². The van der Waals surface area contributed by atoms with E-state index in [0.717, 1.165) is 38.2 Å². The van der Waals surface area contributed by atoms with E-state index in [4.69, 9.17) is 9.47 Å². The van der Waals surface area contributed by atoms with Gasteiger partial charge >= 0.3 is 6.09 Å². The van der Waals surface area contributed by atoms with Crippen LogP contribution in [0.4, 0.5) is 10.5 Å². The van der Waals surface area contributed by atoms with Gasteiger partial charge in [0.25, 0.3) is 0 Å². The summed E-state index contributed by atoms with van der Waals surface area (Å²) in [6.45, 7) is 3.25. The first-order valence-corrected chi connectivity index (χ1v) is 8.86. The number of anilines is 1. The molecule has 0 atom stereocenters. The van der Waals surface area contributed by atoms with Crippen LogP contribution in [0.5, 0.6) is 11.5 Å². The van der Waals surface area contributed by atoms with Crippen molar-refractivity contribution in [3.63, 3.8) is 0 Å². The molecular formula is C20H24N2O4. The van der Waals surface area contributed by atoms with Gasteiger partial charge in [-0.05, 0) is 49.2 Å². The van der Waals surface area contributed by atoms with Crippen molar-refractivity contribution < 1.29 is 19.4 Å². The van der Waals surface area contributed by atoms with Crippen LogP contribution in [0.1, 0.15) is 12.8 Å². The number of nitrogens with zero attached hydrogens (tertiary/aromatic N) is 1. The minimum Gasteiger partial charge on any atom is -0.492 e. The van der Waals surface area contributed by atoms with Crippen molar-refractivity contribution in [2.75, 3.05) is 31.6 Å². The van der Waals surface area contributed by atoms with Gasteiger partial charge < -0.3 is 14.6 Å². The van der Waals surface area contributed by atoms with Crippen molar-refractivity contribution >= 4 is 11.8 Å². The van der Waals surface area contributed by atoms with Crippen molar-refractivity contribution in [1.29, 1.82) is 0 Å². The van der Waals surface area contributed by atoms with Crippen LogP contribution in [0, 0.1) is 0 Å². The maximum atomic E-state index is 11.8. The van der Waals surface area contributed by atoms with Crippen molar-refractivity contribution in [2.45, 2.75) is 18.9 Å². The van der Waals surface area contributed by atoms with Gasteiger partial charge in [0.1, 0.15) is 18.1 Å². The lowest BCUT2D eigenvalue weighted by Crippen LogP contribution is -2.38. The molecule has 0 aromatic heterocycles. The van der Waals surface area contributed by atoms with Crippen molar-refractivity contribution in [3.05, 3.63) is 54.6 Å². The number of benzene rings is 2. The topological polar surface area (TPSA) is 71.0 Å². The van der Waals surface area contributed by atoms with Gasteiger partial charge in [-0.3, -0.25) is 10.2 Å². The first-order valence-electron chi connectivity index (χ1n) is 8.86. The normalized spacial score (nSPS) is 15.4. The standard InChI is InChI=1S/C20H24N2O4/c23-17-10-12-22(13-11-17)14-15-25-18-6-8-19(9-7-18)26-20(24)21-16-4-2-1-3-5-16/h1-9,17,23H,10-15H2,(H,21,24). The fraction of sp³-hybridized carbons (Fsp3) is 0.350. The van der Waals surface area contributed by atoms with Crippen LogP contribution in [-0.4, -0.2) is 48.4 Å². The second-order valence-corrected chi connectivity index (χ2v) is 6.27. The Morgan fingerprint density at radius 1 is 1.04 bits per heavy atom. The molecule has 26 heavy (non-hydrogen) atoms. The molecule has 2 N–H and O–H groups in total. The molecule has 6 nitrogen and oxygen atoms in total. The first kappa shape index (κ1) is 18.2. The molecule has 1 fully saturated rings. The molecule has 138 valence electrons. The van der Waals surface area contributed by atoms with Crippen LogP contribution >= 0.6 is 0 Å². The van der Waals surface area contributed by atoms with Gasteiger partial charge in [-0.2, -0.15) is 0 Å². The predicted octanol–water partition coefficient (Wildman–Crippen LogP) is 3.13. The summed E-state index contributed by atoms with van der Waals surface area (Å²) >= 11 is 0. The fourth-order valence-corrected chi connectivity index (χ4v) is 2.81. The molecule has 1 amide bonds. The Bertz CT molecular complexity index is 683. The number of aliphatic hydroxyl groups excluding tert-OH is 1. The van der Waals surface area contributed by atoms with Gasteiger partial charge in [0.15, 0.2) is 0 Å². The summed E-state index contributed by atoms with van der Waals surface area (Å²) in [5.74, 6) is 1.19. The summed E-state index contributed by atoms with van der Waals surface area (Å²) in [5, 5.41) is 12.2. The molecule has 2 aromatic rings. The minimum absolute atomic E-state index is 0.154. The minimum atomic E-state index is -0.530. The van der Waals surface area contributed by atoms with Gasteiger partial charge in [0.05, 0.1) is 6.10 Å². The number of aliphatic hydroxyl groups is 1. The van der Waals surface area contributed by atoms with Gasteiger partial charge in [-0.1, -0.05) is 18.2 Å². The quantitative estimate of drug-likeness (QED) is 0.832.